The SMILES string of the molecule is CCCCN(CCCO)C(=O)CN1C[C@H](c2cc(OC)c3c(c2)OCO3)C(C(=O)O)[C@@H]1CCc1ccccn1. The summed E-state index contributed by atoms with van der Waals surface area (Å²) in [7, 11) is 1.54. The molecule has 1 amide bonds. The summed E-state index contributed by atoms with van der Waals surface area (Å²) in [4.78, 5) is 34.5. The van der Waals surface area contributed by atoms with E-state index in [1.165, 1.54) is 0 Å². The van der Waals surface area contributed by atoms with E-state index in [0.29, 0.717) is 56.1 Å². The molecular weight excluding hydrogens is 502 g/mol. The van der Waals surface area contributed by atoms with Crippen LogP contribution in [-0.2, 0) is 16.0 Å². The molecule has 0 saturated carbocycles. The third kappa shape index (κ3) is 6.80. The Bertz CT molecular complexity index is 1110. The number of likely N-dealkylation sites (tertiary alicyclic amines) is 1. The third-order valence-electron chi connectivity index (χ3n) is 7.62. The molecule has 1 fully saturated rings. The van der Waals surface area contributed by atoms with Gasteiger partial charge in [0, 0.05) is 50.1 Å². The summed E-state index contributed by atoms with van der Waals surface area (Å²) in [5.41, 5.74) is 1.66. The van der Waals surface area contributed by atoms with Crippen LogP contribution in [0.2, 0.25) is 0 Å². The highest BCUT2D eigenvalue weighted by Gasteiger charge is 2.47. The second-order valence-corrected chi connectivity index (χ2v) is 10.1. The molecule has 1 aromatic carbocycles. The molecule has 3 heterocycles. The van der Waals surface area contributed by atoms with Crippen LogP contribution in [-0.4, -0.2) is 89.6 Å². The maximum atomic E-state index is 13.5. The van der Waals surface area contributed by atoms with E-state index in [-0.39, 0.29) is 37.8 Å². The number of aromatic nitrogens is 1. The smallest absolute Gasteiger partial charge is 0.308 e. The summed E-state index contributed by atoms with van der Waals surface area (Å²) in [5, 5.41) is 19.8. The van der Waals surface area contributed by atoms with Crippen LogP contribution in [0.15, 0.2) is 36.5 Å². The van der Waals surface area contributed by atoms with Gasteiger partial charge in [0.15, 0.2) is 11.5 Å². The molecule has 1 aromatic heterocycles. The Morgan fingerprint density at radius 1 is 1.21 bits per heavy atom. The zero-order valence-electron chi connectivity index (χ0n) is 22.8. The fraction of sp³-hybridized carbons (Fsp3) is 0.552. The van der Waals surface area contributed by atoms with Gasteiger partial charge in [0.05, 0.1) is 19.6 Å². The van der Waals surface area contributed by atoms with Gasteiger partial charge in [-0.05, 0) is 55.5 Å². The quantitative estimate of drug-likeness (QED) is 0.372. The standard InChI is InChI=1S/C29H39N3O7/c1-3-4-12-31(13-7-14-33)26(34)18-32-17-22(20-15-24(37-2)28-25(16-20)38-19-39-28)27(29(35)36)23(32)10-9-21-8-5-6-11-30-21/h5-6,8,11,15-16,22-23,27,33H,3-4,7,9-10,12-14,17-19H2,1-2H3,(H,35,36)/t22-,23+,27?/m1/s1. The molecule has 0 radical (unpaired) electrons. The predicted molar refractivity (Wildman–Crippen MR) is 144 cm³/mol. The molecule has 3 atom stereocenters. The molecule has 0 aliphatic carbocycles. The first-order valence-electron chi connectivity index (χ1n) is 13.7. The highest BCUT2D eigenvalue weighted by Crippen LogP contribution is 2.47. The number of carbonyl (C=O) groups excluding carboxylic acids is 1. The summed E-state index contributed by atoms with van der Waals surface area (Å²) in [6.07, 6.45) is 5.21. The number of aliphatic hydroxyl groups is 1. The molecule has 10 nitrogen and oxygen atoms in total. The highest BCUT2D eigenvalue weighted by molar-refractivity contribution is 5.79. The molecule has 0 bridgehead atoms. The number of pyridine rings is 1. The van der Waals surface area contributed by atoms with E-state index in [1.807, 2.05) is 35.2 Å². The summed E-state index contributed by atoms with van der Waals surface area (Å²) >= 11 is 0. The number of hydrogen-bond donors (Lipinski definition) is 2. The average Bonchev–Trinajstić information content (AvgIpc) is 3.56. The topological polar surface area (TPSA) is 122 Å². The van der Waals surface area contributed by atoms with Crippen molar-refractivity contribution in [2.24, 2.45) is 5.92 Å². The van der Waals surface area contributed by atoms with Crippen molar-refractivity contribution in [2.75, 3.05) is 46.7 Å². The van der Waals surface area contributed by atoms with Crippen LogP contribution in [0.3, 0.4) is 0 Å². The van der Waals surface area contributed by atoms with E-state index in [4.69, 9.17) is 14.2 Å². The number of rotatable bonds is 14. The second kappa shape index (κ2) is 13.6. The van der Waals surface area contributed by atoms with Crippen molar-refractivity contribution >= 4 is 11.9 Å². The van der Waals surface area contributed by atoms with Gasteiger partial charge in [0.25, 0.3) is 0 Å². The van der Waals surface area contributed by atoms with Crippen molar-refractivity contribution in [3.63, 3.8) is 0 Å². The number of carbonyl (C=O) groups is 2. The minimum absolute atomic E-state index is 0.0153. The summed E-state index contributed by atoms with van der Waals surface area (Å²) in [6, 6.07) is 8.99. The summed E-state index contributed by atoms with van der Waals surface area (Å²) in [6.45, 7) is 3.78. The number of benzene rings is 1. The number of aliphatic carboxylic acids is 1. The number of hydrogen-bond acceptors (Lipinski definition) is 8. The number of amides is 1. The number of aryl methyl sites for hydroxylation is 1. The Hall–Kier alpha value is -3.37. The molecule has 2 N–H and O–H groups in total. The van der Waals surface area contributed by atoms with E-state index >= 15 is 0 Å². The van der Waals surface area contributed by atoms with E-state index in [9.17, 15) is 19.8 Å². The Morgan fingerprint density at radius 3 is 2.72 bits per heavy atom. The van der Waals surface area contributed by atoms with Gasteiger partial charge in [-0.3, -0.25) is 19.5 Å². The van der Waals surface area contributed by atoms with Crippen LogP contribution < -0.4 is 14.2 Å². The zero-order chi connectivity index (χ0) is 27.8. The number of aliphatic hydroxyl groups excluding tert-OH is 1. The van der Waals surface area contributed by atoms with Crippen LogP contribution in [0, 0.1) is 5.92 Å². The number of carboxylic acids is 1. The number of ether oxygens (including phenoxy) is 3. The Kier molecular flexibility index (Phi) is 10.00. The van der Waals surface area contributed by atoms with Gasteiger partial charge in [0.2, 0.25) is 18.4 Å². The van der Waals surface area contributed by atoms with Gasteiger partial charge < -0.3 is 29.3 Å². The van der Waals surface area contributed by atoms with Crippen molar-refractivity contribution in [3.05, 3.63) is 47.8 Å². The summed E-state index contributed by atoms with van der Waals surface area (Å²) < 4.78 is 16.7. The first kappa shape index (κ1) is 28.6. The van der Waals surface area contributed by atoms with Crippen LogP contribution in [0.25, 0.3) is 0 Å². The van der Waals surface area contributed by atoms with Crippen LogP contribution >= 0.6 is 0 Å². The molecule has 0 spiro atoms. The number of methoxy groups -OCH3 is 1. The average molecular weight is 542 g/mol. The van der Waals surface area contributed by atoms with Gasteiger partial charge in [-0.2, -0.15) is 0 Å². The molecule has 39 heavy (non-hydrogen) atoms. The lowest BCUT2D eigenvalue weighted by molar-refractivity contribution is -0.143. The van der Waals surface area contributed by atoms with Crippen molar-refractivity contribution in [2.45, 2.75) is 51.0 Å². The van der Waals surface area contributed by atoms with Gasteiger partial charge >= 0.3 is 5.97 Å². The van der Waals surface area contributed by atoms with Crippen LogP contribution in [0.4, 0.5) is 0 Å². The molecule has 2 aliphatic rings. The van der Waals surface area contributed by atoms with Gasteiger partial charge in [-0.15, -0.1) is 0 Å². The van der Waals surface area contributed by atoms with E-state index in [0.717, 1.165) is 24.1 Å². The lowest BCUT2D eigenvalue weighted by atomic mass is 9.83. The Labute approximate surface area is 229 Å². The largest absolute Gasteiger partial charge is 0.493 e. The Balaban J connectivity index is 1.63. The molecule has 1 unspecified atom stereocenters. The predicted octanol–water partition coefficient (Wildman–Crippen LogP) is 2.93. The third-order valence-corrected chi connectivity index (χ3v) is 7.62. The first-order chi connectivity index (χ1) is 19.0. The first-order valence-corrected chi connectivity index (χ1v) is 13.7. The van der Waals surface area contributed by atoms with E-state index in [1.54, 1.807) is 18.2 Å². The van der Waals surface area contributed by atoms with E-state index in [2.05, 4.69) is 11.9 Å². The molecular formula is C29H39N3O7. The second-order valence-electron chi connectivity index (χ2n) is 10.1. The minimum atomic E-state index is -0.902. The van der Waals surface area contributed by atoms with Crippen molar-refractivity contribution in [1.82, 2.24) is 14.8 Å². The normalized spacial score (nSPS) is 20.2. The monoisotopic (exact) mass is 541 g/mol. The maximum absolute atomic E-state index is 13.5. The molecule has 2 aliphatic heterocycles. The van der Waals surface area contributed by atoms with Crippen molar-refractivity contribution in [1.29, 1.82) is 0 Å². The molecule has 4 rings (SSSR count). The maximum Gasteiger partial charge on any atom is 0.308 e. The highest BCUT2D eigenvalue weighted by atomic mass is 16.7. The molecule has 1 saturated heterocycles. The molecule has 212 valence electrons. The lowest BCUT2D eigenvalue weighted by Gasteiger charge is -2.29. The van der Waals surface area contributed by atoms with Gasteiger partial charge in [-0.25, -0.2) is 0 Å². The lowest BCUT2D eigenvalue weighted by Crippen LogP contribution is -2.45. The zero-order valence-corrected chi connectivity index (χ0v) is 22.8. The van der Waals surface area contributed by atoms with Crippen molar-refractivity contribution < 1.29 is 34.0 Å². The summed E-state index contributed by atoms with van der Waals surface area (Å²) in [5.74, 6) is -0.530. The van der Waals surface area contributed by atoms with Crippen molar-refractivity contribution in [3.8, 4) is 17.2 Å². The van der Waals surface area contributed by atoms with Gasteiger partial charge in [0.1, 0.15) is 0 Å². The van der Waals surface area contributed by atoms with E-state index < -0.39 is 11.9 Å². The number of nitrogens with zero attached hydrogens (tertiary/aromatic N) is 3. The number of carboxylic acid groups (broad SMARTS) is 1. The number of unbranched alkanes of at least 4 members (excludes halogenated alkanes) is 1. The minimum Gasteiger partial charge on any atom is -0.493 e. The van der Waals surface area contributed by atoms with Crippen LogP contribution in [0.5, 0.6) is 17.2 Å². The molecule has 10 heteroatoms. The fourth-order valence-corrected chi connectivity index (χ4v) is 5.64. The number of fused-ring (bicyclic) bond motifs is 1. The fourth-order valence-electron chi connectivity index (χ4n) is 5.64. The molecule has 2 aromatic rings. The van der Waals surface area contributed by atoms with Gasteiger partial charge in [-0.1, -0.05) is 19.4 Å². The Morgan fingerprint density at radius 2 is 2.03 bits per heavy atom. The van der Waals surface area contributed by atoms with Crippen LogP contribution in [0.1, 0.15) is 49.8 Å².